The monoisotopic (exact) mass is 618 g/mol. The minimum absolute atomic E-state index is 0.00246. The summed E-state index contributed by atoms with van der Waals surface area (Å²) in [6.45, 7) is 17.9. The summed E-state index contributed by atoms with van der Waals surface area (Å²) in [4.78, 5) is 41.5. The van der Waals surface area contributed by atoms with E-state index in [4.69, 9.17) is 14.2 Å². The zero-order chi connectivity index (χ0) is 32.2. The number of likely N-dealkylation sites (tertiary alicyclic amines) is 3. The molecule has 2 aromatic carbocycles. The van der Waals surface area contributed by atoms with Gasteiger partial charge in [0.25, 0.3) is 0 Å². The van der Waals surface area contributed by atoms with E-state index in [0.29, 0.717) is 38.2 Å². The highest BCUT2D eigenvalue weighted by Gasteiger charge is 2.56. The normalized spacial score (nSPS) is 20.4. The number of benzene rings is 2. The first-order valence-corrected chi connectivity index (χ1v) is 15.9. The van der Waals surface area contributed by atoms with Gasteiger partial charge in [-0.25, -0.2) is 14.4 Å². The SMILES string of the molecule is CC(C)(C)OC(=O)N1CC2(CN(C(=O)OCC3c4ccccc4-c4ccccc43)C2)C1.CC(C)(C)OC(=O)N1CC2(CNC2)C1. The van der Waals surface area contributed by atoms with Gasteiger partial charge in [-0.3, -0.25) is 0 Å². The number of rotatable bonds is 2. The lowest BCUT2D eigenvalue weighted by Gasteiger charge is -2.59. The molecule has 45 heavy (non-hydrogen) atoms. The Bertz CT molecular complexity index is 1410. The summed E-state index contributed by atoms with van der Waals surface area (Å²) in [6, 6.07) is 16.6. The largest absolute Gasteiger partial charge is 0.448 e. The van der Waals surface area contributed by atoms with Crippen LogP contribution in [0.3, 0.4) is 0 Å². The van der Waals surface area contributed by atoms with Crippen LogP contribution in [0.15, 0.2) is 48.5 Å². The maximum atomic E-state index is 12.6. The molecule has 4 heterocycles. The number of hydrogen-bond acceptors (Lipinski definition) is 7. The molecule has 10 heteroatoms. The van der Waals surface area contributed by atoms with E-state index in [1.54, 1.807) is 14.7 Å². The van der Waals surface area contributed by atoms with Crippen molar-refractivity contribution in [3.63, 3.8) is 0 Å². The van der Waals surface area contributed by atoms with Gasteiger partial charge < -0.3 is 34.2 Å². The second-order valence-corrected chi connectivity index (χ2v) is 15.4. The molecule has 1 N–H and O–H groups in total. The molecular formula is C35H46N4O6. The molecule has 0 bridgehead atoms. The molecule has 10 nitrogen and oxygen atoms in total. The van der Waals surface area contributed by atoms with Crippen LogP contribution < -0.4 is 5.32 Å². The topological polar surface area (TPSA) is 101 Å². The van der Waals surface area contributed by atoms with Gasteiger partial charge in [-0.1, -0.05) is 48.5 Å². The first kappa shape index (κ1) is 31.2. The van der Waals surface area contributed by atoms with Crippen LogP contribution in [0.1, 0.15) is 58.6 Å². The molecule has 3 amide bonds. The van der Waals surface area contributed by atoms with Crippen LogP contribution in [0.4, 0.5) is 14.4 Å². The van der Waals surface area contributed by atoms with Gasteiger partial charge in [-0.2, -0.15) is 0 Å². The summed E-state index contributed by atoms with van der Waals surface area (Å²) in [5.41, 5.74) is 4.38. The lowest BCUT2D eigenvalue weighted by atomic mass is 9.73. The second kappa shape index (κ2) is 11.2. The number of nitrogens with one attached hydrogen (secondary N) is 1. The maximum Gasteiger partial charge on any atom is 0.410 e. The summed E-state index contributed by atoms with van der Waals surface area (Å²) in [5.74, 6) is 0.0675. The van der Waals surface area contributed by atoms with E-state index in [1.165, 1.54) is 22.3 Å². The second-order valence-electron chi connectivity index (χ2n) is 15.4. The highest BCUT2D eigenvalue weighted by Crippen LogP contribution is 2.45. The zero-order valence-corrected chi connectivity index (χ0v) is 27.4. The summed E-state index contributed by atoms with van der Waals surface area (Å²) in [6.07, 6.45) is -0.726. The molecule has 5 aliphatic rings. The van der Waals surface area contributed by atoms with Crippen LogP contribution in [0, 0.1) is 10.8 Å². The van der Waals surface area contributed by atoms with Crippen molar-refractivity contribution in [2.75, 3.05) is 59.0 Å². The van der Waals surface area contributed by atoms with Crippen molar-refractivity contribution in [2.45, 2.75) is 58.7 Å². The average Bonchev–Trinajstić information content (AvgIpc) is 3.16. The van der Waals surface area contributed by atoms with E-state index in [1.807, 2.05) is 65.8 Å². The fraction of sp³-hybridized carbons (Fsp3) is 0.571. The standard InChI is InChI=1S/C25H28N2O4.C10H18N2O2/c1-24(2,3)31-23(29)27-15-25(16-27)13-26(14-25)22(28)30-12-21-19-10-6-4-8-17(19)18-9-5-7-11-20(18)21;1-9(2,3)14-8(13)12-6-10(7-12)4-11-5-10/h4-11,21H,12-16H2,1-3H3;11H,4-7H2,1-3H3. The van der Waals surface area contributed by atoms with E-state index in [0.717, 1.165) is 26.2 Å². The molecule has 4 fully saturated rings. The highest BCUT2D eigenvalue weighted by molar-refractivity contribution is 5.79. The Labute approximate surface area is 266 Å². The molecule has 2 spiro atoms. The number of nitrogens with zero attached hydrogens (tertiary/aromatic N) is 3. The molecule has 242 valence electrons. The fourth-order valence-electron chi connectivity index (χ4n) is 6.92. The van der Waals surface area contributed by atoms with Crippen molar-refractivity contribution in [1.29, 1.82) is 0 Å². The van der Waals surface area contributed by atoms with E-state index >= 15 is 0 Å². The minimum atomic E-state index is -0.493. The van der Waals surface area contributed by atoms with E-state index in [-0.39, 0.29) is 35.2 Å². The molecule has 0 unspecified atom stereocenters. The molecule has 0 atom stereocenters. The summed E-state index contributed by atoms with van der Waals surface area (Å²) in [7, 11) is 0. The van der Waals surface area contributed by atoms with Gasteiger partial charge >= 0.3 is 18.3 Å². The van der Waals surface area contributed by atoms with Crippen LogP contribution in [0.25, 0.3) is 11.1 Å². The van der Waals surface area contributed by atoms with Crippen molar-refractivity contribution in [3.8, 4) is 11.1 Å². The third-order valence-corrected chi connectivity index (χ3v) is 9.06. The van der Waals surface area contributed by atoms with Gasteiger partial charge in [0, 0.05) is 69.1 Å². The summed E-state index contributed by atoms with van der Waals surface area (Å²) >= 11 is 0. The Hall–Kier alpha value is -3.79. The van der Waals surface area contributed by atoms with Crippen LogP contribution in [-0.2, 0) is 14.2 Å². The summed E-state index contributed by atoms with van der Waals surface area (Å²) in [5, 5.41) is 3.23. The molecule has 4 aliphatic heterocycles. The van der Waals surface area contributed by atoms with Crippen molar-refractivity contribution in [3.05, 3.63) is 59.7 Å². The lowest BCUT2D eigenvalue weighted by molar-refractivity contribution is -0.104. The van der Waals surface area contributed by atoms with Gasteiger partial charge in [0.05, 0.1) is 0 Å². The first-order valence-electron chi connectivity index (χ1n) is 15.9. The Balaban J connectivity index is 0.000000213. The molecule has 0 saturated carbocycles. The Morgan fingerprint density at radius 3 is 1.47 bits per heavy atom. The van der Waals surface area contributed by atoms with Crippen LogP contribution in [0.2, 0.25) is 0 Å². The molecule has 7 rings (SSSR count). The molecule has 0 radical (unpaired) electrons. The third kappa shape index (κ3) is 6.48. The molecule has 2 aromatic rings. The zero-order valence-electron chi connectivity index (χ0n) is 27.4. The Morgan fingerprint density at radius 1 is 0.667 bits per heavy atom. The number of carbonyl (C=O) groups is 3. The lowest BCUT2D eigenvalue weighted by Crippen LogP contribution is -2.73. The predicted octanol–water partition coefficient (Wildman–Crippen LogP) is 5.31. The molecular weight excluding hydrogens is 572 g/mol. The average molecular weight is 619 g/mol. The van der Waals surface area contributed by atoms with Gasteiger partial charge in [-0.05, 0) is 63.8 Å². The predicted molar refractivity (Wildman–Crippen MR) is 170 cm³/mol. The fourth-order valence-corrected chi connectivity index (χ4v) is 6.92. The molecule has 0 aromatic heterocycles. The number of fused-ring (bicyclic) bond motifs is 3. The van der Waals surface area contributed by atoms with Crippen molar-refractivity contribution < 1.29 is 28.6 Å². The van der Waals surface area contributed by atoms with Gasteiger partial charge in [0.2, 0.25) is 0 Å². The quantitative estimate of drug-likeness (QED) is 0.455. The Kier molecular flexibility index (Phi) is 7.78. The van der Waals surface area contributed by atoms with Gasteiger partial charge in [0.1, 0.15) is 17.8 Å². The first-order chi connectivity index (χ1) is 21.1. The highest BCUT2D eigenvalue weighted by atomic mass is 16.6. The van der Waals surface area contributed by atoms with Crippen molar-refractivity contribution in [1.82, 2.24) is 20.0 Å². The van der Waals surface area contributed by atoms with E-state index < -0.39 is 5.60 Å². The van der Waals surface area contributed by atoms with Crippen LogP contribution >= 0.6 is 0 Å². The van der Waals surface area contributed by atoms with Gasteiger partial charge in [0.15, 0.2) is 0 Å². The molecule has 4 saturated heterocycles. The Morgan fingerprint density at radius 2 is 1.07 bits per heavy atom. The smallest absolute Gasteiger partial charge is 0.410 e. The number of hydrogen-bond donors (Lipinski definition) is 1. The number of carbonyl (C=O) groups excluding carboxylic acids is 3. The van der Waals surface area contributed by atoms with E-state index in [9.17, 15) is 14.4 Å². The van der Waals surface area contributed by atoms with Crippen molar-refractivity contribution >= 4 is 18.3 Å². The summed E-state index contributed by atoms with van der Waals surface area (Å²) < 4.78 is 16.4. The van der Waals surface area contributed by atoms with Gasteiger partial charge in [-0.15, -0.1) is 0 Å². The molecule has 1 aliphatic carbocycles. The van der Waals surface area contributed by atoms with Crippen LogP contribution in [0.5, 0.6) is 0 Å². The van der Waals surface area contributed by atoms with Crippen molar-refractivity contribution in [2.24, 2.45) is 10.8 Å². The maximum absolute atomic E-state index is 12.6. The number of amides is 3. The van der Waals surface area contributed by atoms with E-state index in [2.05, 4.69) is 29.6 Å². The number of ether oxygens (including phenoxy) is 3. The van der Waals surface area contributed by atoms with Crippen LogP contribution in [-0.4, -0.2) is 103 Å². The minimum Gasteiger partial charge on any atom is -0.448 e. The third-order valence-electron chi connectivity index (χ3n) is 9.06.